The molecule has 3 aromatic carbocycles. The topological polar surface area (TPSA) is 117 Å². The molecule has 3 amide bonds. The summed E-state index contributed by atoms with van der Waals surface area (Å²) >= 11 is 0. The molecule has 1 heterocycles. The van der Waals surface area contributed by atoms with Gasteiger partial charge in [-0.1, -0.05) is 30.3 Å². The molecule has 3 N–H and O–H groups in total. The number of hydrogen-bond donors (Lipinski definition) is 3. The molecule has 9 heteroatoms. The SMILES string of the molecule is O=C(NCc1cccc(NC(=O)N2CCCC2)c1)c1ccc(Nc2ccccc2)c([N+](=O)[O-])c1. The fourth-order valence-corrected chi connectivity index (χ4v) is 3.77. The molecule has 0 aromatic heterocycles. The molecule has 0 radical (unpaired) electrons. The lowest BCUT2D eigenvalue weighted by Gasteiger charge is -2.16. The Labute approximate surface area is 196 Å². The molecule has 3 aromatic rings. The smallest absolute Gasteiger partial charge is 0.321 e. The summed E-state index contributed by atoms with van der Waals surface area (Å²) in [7, 11) is 0. The third-order valence-corrected chi connectivity index (χ3v) is 5.53. The van der Waals surface area contributed by atoms with Gasteiger partial charge >= 0.3 is 6.03 Å². The summed E-state index contributed by atoms with van der Waals surface area (Å²) in [6.45, 7) is 1.73. The van der Waals surface area contributed by atoms with Crippen molar-refractivity contribution >= 4 is 34.7 Å². The Bertz CT molecular complexity index is 1190. The zero-order chi connectivity index (χ0) is 23.9. The molecule has 174 valence electrons. The number of benzene rings is 3. The number of carbonyl (C=O) groups excluding carboxylic acids is 2. The quantitative estimate of drug-likeness (QED) is 0.343. The highest BCUT2D eigenvalue weighted by molar-refractivity contribution is 5.96. The fourth-order valence-electron chi connectivity index (χ4n) is 3.77. The molecule has 4 rings (SSSR count). The lowest BCUT2D eigenvalue weighted by Crippen LogP contribution is -2.32. The first-order valence-corrected chi connectivity index (χ1v) is 11.0. The zero-order valence-corrected chi connectivity index (χ0v) is 18.5. The summed E-state index contributed by atoms with van der Waals surface area (Å²) in [6, 6.07) is 20.5. The number of nitrogens with zero attached hydrogens (tertiary/aromatic N) is 2. The van der Waals surface area contributed by atoms with Gasteiger partial charge in [-0.15, -0.1) is 0 Å². The predicted molar refractivity (Wildman–Crippen MR) is 130 cm³/mol. The van der Waals surface area contributed by atoms with Gasteiger partial charge in [0.25, 0.3) is 11.6 Å². The second kappa shape index (κ2) is 10.5. The molecule has 9 nitrogen and oxygen atoms in total. The van der Waals surface area contributed by atoms with Gasteiger partial charge in [-0.2, -0.15) is 0 Å². The molecule has 0 saturated carbocycles. The molecule has 0 aliphatic carbocycles. The molecule has 0 bridgehead atoms. The molecular weight excluding hydrogens is 434 g/mol. The number of amides is 3. The lowest BCUT2D eigenvalue weighted by atomic mass is 10.1. The number of hydrogen-bond acceptors (Lipinski definition) is 5. The normalized spacial score (nSPS) is 12.8. The van der Waals surface area contributed by atoms with Crippen molar-refractivity contribution in [2.45, 2.75) is 19.4 Å². The number of anilines is 3. The number of rotatable bonds is 7. The average molecular weight is 460 g/mol. The van der Waals surface area contributed by atoms with Crippen LogP contribution < -0.4 is 16.0 Å². The van der Waals surface area contributed by atoms with Crippen LogP contribution in [0.1, 0.15) is 28.8 Å². The third kappa shape index (κ3) is 5.69. The van der Waals surface area contributed by atoms with Gasteiger partial charge in [-0.25, -0.2) is 4.79 Å². The van der Waals surface area contributed by atoms with E-state index in [0.29, 0.717) is 17.1 Å². The minimum Gasteiger partial charge on any atom is -0.350 e. The molecule has 0 unspecified atom stereocenters. The number of para-hydroxylation sites is 1. The van der Waals surface area contributed by atoms with E-state index in [4.69, 9.17) is 0 Å². The summed E-state index contributed by atoms with van der Waals surface area (Å²) in [4.78, 5) is 37.8. The maximum absolute atomic E-state index is 12.7. The van der Waals surface area contributed by atoms with Crippen molar-refractivity contribution in [3.63, 3.8) is 0 Å². The van der Waals surface area contributed by atoms with Crippen LogP contribution in [-0.2, 0) is 6.54 Å². The van der Waals surface area contributed by atoms with Gasteiger partial charge in [0.2, 0.25) is 0 Å². The van der Waals surface area contributed by atoms with Gasteiger partial charge in [0.1, 0.15) is 5.69 Å². The maximum atomic E-state index is 12.7. The number of urea groups is 1. The third-order valence-electron chi connectivity index (χ3n) is 5.53. The zero-order valence-electron chi connectivity index (χ0n) is 18.5. The van der Waals surface area contributed by atoms with Gasteiger partial charge in [-0.05, 0) is 54.8 Å². The van der Waals surface area contributed by atoms with Gasteiger partial charge in [-0.3, -0.25) is 14.9 Å². The predicted octanol–water partition coefficient (Wildman–Crippen LogP) is 4.90. The van der Waals surface area contributed by atoms with Crippen molar-refractivity contribution in [1.82, 2.24) is 10.2 Å². The molecule has 34 heavy (non-hydrogen) atoms. The highest BCUT2D eigenvalue weighted by atomic mass is 16.6. The van der Waals surface area contributed by atoms with Gasteiger partial charge in [0.15, 0.2) is 0 Å². The van der Waals surface area contributed by atoms with Crippen LogP contribution in [0.5, 0.6) is 0 Å². The van der Waals surface area contributed by atoms with Crippen LogP contribution in [-0.4, -0.2) is 34.9 Å². The molecule has 1 aliphatic heterocycles. The molecule has 0 spiro atoms. The van der Waals surface area contributed by atoms with Gasteiger partial charge in [0.05, 0.1) is 4.92 Å². The van der Waals surface area contributed by atoms with E-state index < -0.39 is 10.8 Å². The van der Waals surface area contributed by atoms with Crippen LogP contribution in [0.15, 0.2) is 72.8 Å². The summed E-state index contributed by atoms with van der Waals surface area (Å²) in [5.41, 5.74) is 2.45. The van der Waals surface area contributed by atoms with E-state index in [0.717, 1.165) is 31.5 Å². The average Bonchev–Trinajstić information content (AvgIpc) is 3.39. The monoisotopic (exact) mass is 459 g/mol. The number of nitro groups is 1. The Morgan fingerprint density at radius 1 is 0.912 bits per heavy atom. The van der Waals surface area contributed by atoms with E-state index in [1.807, 2.05) is 24.3 Å². The molecule has 1 saturated heterocycles. The van der Waals surface area contributed by atoms with E-state index >= 15 is 0 Å². The van der Waals surface area contributed by atoms with Gasteiger partial charge in [0, 0.05) is 42.6 Å². The lowest BCUT2D eigenvalue weighted by molar-refractivity contribution is -0.383. The van der Waals surface area contributed by atoms with E-state index in [1.165, 1.54) is 12.1 Å². The van der Waals surface area contributed by atoms with Crippen molar-refractivity contribution in [3.05, 3.63) is 94.0 Å². The maximum Gasteiger partial charge on any atom is 0.321 e. The Morgan fingerprint density at radius 3 is 2.38 bits per heavy atom. The van der Waals surface area contributed by atoms with Crippen molar-refractivity contribution < 1.29 is 14.5 Å². The first-order valence-electron chi connectivity index (χ1n) is 11.0. The van der Waals surface area contributed by atoms with E-state index in [1.54, 1.807) is 41.3 Å². The summed E-state index contributed by atoms with van der Waals surface area (Å²) in [5, 5.41) is 20.3. The minimum absolute atomic E-state index is 0.129. The van der Waals surface area contributed by atoms with E-state index in [9.17, 15) is 19.7 Å². The van der Waals surface area contributed by atoms with Gasteiger partial charge < -0.3 is 20.9 Å². The number of nitrogens with one attached hydrogen (secondary N) is 3. The fraction of sp³-hybridized carbons (Fsp3) is 0.200. The number of likely N-dealkylation sites (tertiary alicyclic amines) is 1. The highest BCUT2D eigenvalue weighted by Gasteiger charge is 2.19. The van der Waals surface area contributed by atoms with E-state index in [2.05, 4.69) is 16.0 Å². The standard InChI is InChI=1S/C25H25N5O4/c31-24(19-11-12-22(23(16-19)30(33)34)27-20-8-2-1-3-9-20)26-17-18-7-6-10-21(15-18)28-25(32)29-13-4-5-14-29/h1-3,6-12,15-16,27H,4-5,13-14,17H2,(H,26,31)(H,28,32). The molecule has 1 aliphatic rings. The van der Waals surface area contributed by atoms with Crippen LogP contribution in [0.3, 0.4) is 0 Å². The van der Waals surface area contributed by atoms with Crippen molar-refractivity contribution in [1.29, 1.82) is 0 Å². The highest BCUT2D eigenvalue weighted by Crippen LogP contribution is 2.28. The molecule has 0 atom stereocenters. The van der Waals surface area contributed by atoms with E-state index in [-0.39, 0.29) is 23.8 Å². The van der Waals surface area contributed by atoms with Crippen molar-refractivity contribution in [2.75, 3.05) is 23.7 Å². The van der Waals surface area contributed by atoms with Crippen LogP contribution in [0.4, 0.5) is 27.5 Å². The Hall–Kier alpha value is -4.40. The number of nitro benzene ring substituents is 1. The van der Waals surface area contributed by atoms with Crippen LogP contribution in [0.25, 0.3) is 0 Å². The Morgan fingerprint density at radius 2 is 1.65 bits per heavy atom. The second-order valence-electron chi connectivity index (χ2n) is 7.99. The second-order valence-corrected chi connectivity index (χ2v) is 7.99. The van der Waals surface area contributed by atoms with Crippen LogP contribution >= 0.6 is 0 Å². The first-order chi connectivity index (χ1) is 16.5. The summed E-state index contributed by atoms with van der Waals surface area (Å²) in [5.74, 6) is -0.430. The van der Waals surface area contributed by atoms with Crippen LogP contribution in [0, 0.1) is 10.1 Å². The number of carbonyl (C=O) groups is 2. The molecule has 1 fully saturated rings. The molecular formula is C25H25N5O4. The Balaban J connectivity index is 1.40. The van der Waals surface area contributed by atoms with Crippen LogP contribution in [0.2, 0.25) is 0 Å². The van der Waals surface area contributed by atoms with Crippen molar-refractivity contribution in [3.8, 4) is 0 Å². The summed E-state index contributed by atoms with van der Waals surface area (Å²) < 4.78 is 0. The Kier molecular flexibility index (Phi) is 7.02. The first kappa shape index (κ1) is 22.8. The van der Waals surface area contributed by atoms with Crippen molar-refractivity contribution in [2.24, 2.45) is 0 Å². The largest absolute Gasteiger partial charge is 0.350 e. The summed E-state index contributed by atoms with van der Waals surface area (Å²) in [6.07, 6.45) is 2.03. The minimum atomic E-state index is -0.519.